The van der Waals surface area contributed by atoms with Crippen LogP contribution in [0.2, 0.25) is 0 Å². The molecule has 1 heterocycles. The molecule has 1 N–H and O–H groups in total. The summed E-state index contributed by atoms with van der Waals surface area (Å²) in [5, 5.41) is 11.6. The lowest BCUT2D eigenvalue weighted by Crippen LogP contribution is -2.15. The first-order chi connectivity index (χ1) is 6.24. The lowest BCUT2D eigenvalue weighted by Gasteiger charge is -2.11. The van der Waals surface area contributed by atoms with E-state index in [0.29, 0.717) is 17.8 Å². The first-order valence-corrected chi connectivity index (χ1v) is 4.40. The van der Waals surface area contributed by atoms with Gasteiger partial charge in [0, 0.05) is 18.4 Å². The summed E-state index contributed by atoms with van der Waals surface area (Å²) in [6, 6.07) is 0. The van der Waals surface area contributed by atoms with Gasteiger partial charge in [-0.15, -0.1) is 0 Å². The Bertz CT molecular complexity index is 317. The maximum atomic E-state index is 11.5. The number of allylic oxidation sites excluding steroid dienone is 1. The van der Waals surface area contributed by atoms with E-state index in [-0.39, 0.29) is 17.6 Å². The van der Waals surface area contributed by atoms with Gasteiger partial charge in [-0.2, -0.15) is 0 Å². The SMILES string of the molecule is C[C@@H]1C2=C(CCCC2=O)O/C1=N/O. The second-order valence-corrected chi connectivity index (χ2v) is 3.38. The number of carbonyl (C=O) groups excluding carboxylic acids is 1. The van der Waals surface area contributed by atoms with E-state index in [4.69, 9.17) is 9.94 Å². The lowest BCUT2D eigenvalue weighted by molar-refractivity contribution is -0.116. The van der Waals surface area contributed by atoms with Crippen LogP contribution in [0.15, 0.2) is 16.5 Å². The van der Waals surface area contributed by atoms with Crippen molar-refractivity contribution in [3.8, 4) is 0 Å². The zero-order valence-corrected chi connectivity index (χ0v) is 7.41. The Kier molecular flexibility index (Phi) is 1.83. The molecule has 0 amide bonds. The molecular weight excluding hydrogens is 170 g/mol. The van der Waals surface area contributed by atoms with Crippen molar-refractivity contribution >= 4 is 11.7 Å². The minimum absolute atomic E-state index is 0.132. The topological polar surface area (TPSA) is 58.9 Å². The average molecular weight is 181 g/mol. The number of hydrogen-bond acceptors (Lipinski definition) is 4. The van der Waals surface area contributed by atoms with E-state index in [2.05, 4.69) is 5.16 Å². The average Bonchev–Trinajstić information content (AvgIpc) is 2.44. The molecule has 4 nitrogen and oxygen atoms in total. The van der Waals surface area contributed by atoms with Gasteiger partial charge in [-0.3, -0.25) is 4.79 Å². The highest BCUT2D eigenvalue weighted by atomic mass is 16.5. The van der Waals surface area contributed by atoms with Crippen LogP contribution in [0.3, 0.4) is 0 Å². The molecule has 0 aromatic heterocycles. The molecule has 0 unspecified atom stereocenters. The van der Waals surface area contributed by atoms with Crippen LogP contribution >= 0.6 is 0 Å². The minimum atomic E-state index is -0.173. The first kappa shape index (κ1) is 8.29. The van der Waals surface area contributed by atoms with Crippen molar-refractivity contribution in [3.05, 3.63) is 11.3 Å². The normalized spacial score (nSPS) is 30.7. The summed E-state index contributed by atoms with van der Waals surface area (Å²) < 4.78 is 5.26. The van der Waals surface area contributed by atoms with Gasteiger partial charge in [0.05, 0.1) is 5.92 Å². The van der Waals surface area contributed by atoms with Crippen molar-refractivity contribution in [2.75, 3.05) is 0 Å². The molecule has 13 heavy (non-hydrogen) atoms. The molecule has 0 saturated carbocycles. The molecule has 0 aromatic carbocycles. The van der Waals surface area contributed by atoms with Gasteiger partial charge in [0.1, 0.15) is 5.76 Å². The Hall–Kier alpha value is -1.32. The fourth-order valence-corrected chi connectivity index (χ4v) is 1.87. The second-order valence-electron chi connectivity index (χ2n) is 3.38. The molecule has 0 aromatic rings. The fraction of sp³-hybridized carbons (Fsp3) is 0.556. The van der Waals surface area contributed by atoms with E-state index < -0.39 is 0 Å². The van der Waals surface area contributed by atoms with Gasteiger partial charge in [0.2, 0.25) is 5.90 Å². The summed E-state index contributed by atoms with van der Waals surface area (Å²) in [6.07, 6.45) is 2.21. The van der Waals surface area contributed by atoms with Crippen LogP contribution < -0.4 is 0 Å². The van der Waals surface area contributed by atoms with Gasteiger partial charge >= 0.3 is 0 Å². The number of ketones is 1. The molecule has 1 aliphatic heterocycles. The third kappa shape index (κ3) is 1.13. The van der Waals surface area contributed by atoms with E-state index in [9.17, 15) is 4.79 Å². The maximum Gasteiger partial charge on any atom is 0.238 e. The molecule has 1 aliphatic carbocycles. The highest BCUT2D eigenvalue weighted by Crippen LogP contribution is 2.35. The Morgan fingerprint density at radius 1 is 1.54 bits per heavy atom. The standard InChI is InChI=1S/C9H11NO3/c1-5-8-6(11)3-2-4-7(8)13-9(5)10-12/h5,12H,2-4H2,1H3/b10-9+/t5-/m1/s1. The van der Waals surface area contributed by atoms with Crippen LogP contribution in [0, 0.1) is 5.92 Å². The predicted octanol–water partition coefficient (Wildman–Crippen LogP) is 1.45. The zero-order valence-electron chi connectivity index (χ0n) is 7.41. The number of Topliss-reactive ketones (excluding diaryl/α,β-unsaturated/α-hetero) is 1. The lowest BCUT2D eigenvalue weighted by atomic mass is 9.90. The van der Waals surface area contributed by atoms with Crippen LogP contribution in [0.25, 0.3) is 0 Å². The third-order valence-electron chi connectivity index (χ3n) is 2.54. The molecule has 1 atom stereocenters. The van der Waals surface area contributed by atoms with E-state index >= 15 is 0 Å². The van der Waals surface area contributed by atoms with Crippen LogP contribution in [-0.4, -0.2) is 16.9 Å². The van der Waals surface area contributed by atoms with Crippen molar-refractivity contribution in [3.63, 3.8) is 0 Å². The third-order valence-corrected chi connectivity index (χ3v) is 2.54. The summed E-state index contributed by atoms with van der Waals surface area (Å²) in [6.45, 7) is 1.82. The minimum Gasteiger partial charge on any atom is -0.443 e. The fourth-order valence-electron chi connectivity index (χ4n) is 1.87. The molecule has 2 aliphatic rings. The summed E-state index contributed by atoms with van der Waals surface area (Å²) in [5.41, 5.74) is 0.707. The number of ether oxygens (including phenoxy) is 1. The number of oxime groups is 1. The molecule has 70 valence electrons. The van der Waals surface area contributed by atoms with Gasteiger partial charge in [0.15, 0.2) is 5.78 Å². The van der Waals surface area contributed by atoms with Crippen molar-refractivity contribution in [2.24, 2.45) is 11.1 Å². The Morgan fingerprint density at radius 2 is 2.31 bits per heavy atom. The Morgan fingerprint density at radius 3 is 2.92 bits per heavy atom. The van der Waals surface area contributed by atoms with Gasteiger partial charge in [-0.25, -0.2) is 0 Å². The van der Waals surface area contributed by atoms with E-state index in [1.165, 1.54) is 0 Å². The summed E-state index contributed by atoms with van der Waals surface area (Å²) in [4.78, 5) is 11.5. The van der Waals surface area contributed by atoms with Crippen molar-refractivity contribution in [1.29, 1.82) is 0 Å². The number of carbonyl (C=O) groups is 1. The zero-order chi connectivity index (χ0) is 9.42. The number of hydrogen-bond donors (Lipinski definition) is 1. The molecule has 0 bridgehead atoms. The highest BCUT2D eigenvalue weighted by molar-refractivity contribution is 6.04. The molecule has 0 radical (unpaired) electrons. The monoisotopic (exact) mass is 181 g/mol. The largest absolute Gasteiger partial charge is 0.443 e. The van der Waals surface area contributed by atoms with Crippen LogP contribution in [0.1, 0.15) is 26.2 Å². The predicted molar refractivity (Wildman–Crippen MR) is 45.4 cm³/mol. The van der Waals surface area contributed by atoms with Crippen LogP contribution in [0.5, 0.6) is 0 Å². The van der Waals surface area contributed by atoms with E-state index in [0.717, 1.165) is 12.8 Å². The Labute approximate surface area is 75.9 Å². The quantitative estimate of drug-likeness (QED) is 0.454. The van der Waals surface area contributed by atoms with E-state index in [1.54, 1.807) is 0 Å². The van der Waals surface area contributed by atoms with Crippen molar-refractivity contribution in [1.82, 2.24) is 0 Å². The molecular formula is C9H11NO3. The molecule has 0 spiro atoms. The van der Waals surface area contributed by atoms with Gasteiger partial charge in [-0.05, 0) is 13.3 Å². The summed E-state index contributed by atoms with van der Waals surface area (Å²) in [5.74, 6) is 0.914. The molecule has 2 rings (SSSR count). The molecule has 4 heteroatoms. The van der Waals surface area contributed by atoms with Crippen LogP contribution in [0.4, 0.5) is 0 Å². The maximum absolute atomic E-state index is 11.5. The second kappa shape index (κ2) is 2.87. The van der Waals surface area contributed by atoms with Gasteiger partial charge < -0.3 is 9.94 Å². The highest BCUT2D eigenvalue weighted by Gasteiger charge is 2.36. The van der Waals surface area contributed by atoms with Gasteiger partial charge in [0.25, 0.3) is 0 Å². The number of rotatable bonds is 0. The molecule has 0 fully saturated rings. The smallest absolute Gasteiger partial charge is 0.238 e. The van der Waals surface area contributed by atoms with E-state index in [1.807, 2.05) is 6.92 Å². The molecule has 0 saturated heterocycles. The Balaban J connectivity index is 2.37. The number of nitrogens with zero attached hydrogens (tertiary/aromatic N) is 1. The summed E-state index contributed by atoms with van der Waals surface area (Å²) in [7, 11) is 0. The van der Waals surface area contributed by atoms with Crippen molar-refractivity contribution < 1.29 is 14.7 Å². The van der Waals surface area contributed by atoms with Crippen LogP contribution in [-0.2, 0) is 9.53 Å². The summed E-state index contributed by atoms with van der Waals surface area (Å²) >= 11 is 0. The van der Waals surface area contributed by atoms with Gasteiger partial charge in [-0.1, -0.05) is 5.16 Å². The van der Waals surface area contributed by atoms with Crippen molar-refractivity contribution in [2.45, 2.75) is 26.2 Å². The first-order valence-electron chi connectivity index (χ1n) is 4.40.